The van der Waals surface area contributed by atoms with Crippen molar-refractivity contribution in [2.45, 2.75) is 20.5 Å². The van der Waals surface area contributed by atoms with E-state index in [0.29, 0.717) is 17.0 Å². The Labute approximate surface area is 138 Å². The molecule has 1 heterocycles. The van der Waals surface area contributed by atoms with E-state index in [4.69, 9.17) is 9.15 Å². The van der Waals surface area contributed by atoms with Crippen molar-refractivity contribution >= 4 is 22.6 Å². The fourth-order valence-corrected chi connectivity index (χ4v) is 2.46. The molecule has 0 atom stereocenters. The lowest BCUT2D eigenvalue weighted by atomic mass is 10.1. The first-order valence-electron chi connectivity index (χ1n) is 7.55. The number of hydrogen-bond acceptors (Lipinski definition) is 4. The fourth-order valence-electron chi connectivity index (χ4n) is 2.46. The maximum Gasteiger partial charge on any atom is 0.336 e. The van der Waals surface area contributed by atoms with Gasteiger partial charge in [0, 0.05) is 29.6 Å². The number of fused-ring (bicyclic) bond motifs is 1. The van der Waals surface area contributed by atoms with E-state index >= 15 is 0 Å². The van der Waals surface area contributed by atoms with E-state index in [-0.39, 0.29) is 12.5 Å². The normalized spacial score (nSPS) is 10.6. The molecule has 0 aliphatic heterocycles. The number of hydrogen-bond donors (Lipinski definition) is 1. The van der Waals surface area contributed by atoms with Gasteiger partial charge >= 0.3 is 5.63 Å². The number of ether oxygens (including phenoxy) is 1. The van der Waals surface area contributed by atoms with Crippen LogP contribution in [0, 0.1) is 6.92 Å². The number of anilines is 1. The van der Waals surface area contributed by atoms with Crippen molar-refractivity contribution < 1.29 is 13.9 Å². The molecule has 0 radical (unpaired) electrons. The number of rotatable bonds is 4. The summed E-state index contributed by atoms with van der Waals surface area (Å²) in [6.07, 6.45) is 0. The molecule has 1 amide bonds. The van der Waals surface area contributed by atoms with Crippen LogP contribution in [0.1, 0.15) is 18.1 Å². The van der Waals surface area contributed by atoms with Gasteiger partial charge in [0.25, 0.3) is 0 Å². The molecular weight excluding hydrogens is 306 g/mol. The molecule has 3 aromatic rings. The van der Waals surface area contributed by atoms with Gasteiger partial charge in [-0.15, -0.1) is 0 Å². The number of carbonyl (C=O) groups excluding carboxylic acids is 1. The molecule has 5 nitrogen and oxygen atoms in total. The highest BCUT2D eigenvalue weighted by Crippen LogP contribution is 2.21. The second-order valence-corrected chi connectivity index (χ2v) is 5.58. The van der Waals surface area contributed by atoms with E-state index in [1.54, 1.807) is 30.3 Å². The van der Waals surface area contributed by atoms with Gasteiger partial charge in [0.15, 0.2) is 0 Å². The first-order chi connectivity index (χ1) is 11.5. The van der Waals surface area contributed by atoms with Gasteiger partial charge in [-0.1, -0.05) is 11.6 Å². The number of benzene rings is 2. The van der Waals surface area contributed by atoms with Gasteiger partial charge in [0.1, 0.15) is 17.9 Å². The minimum Gasteiger partial charge on any atom is -0.489 e. The molecule has 1 aromatic heterocycles. The Balaban J connectivity index is 1.81. The Morgan fingerprint density at radius 1 is 1.12 bits per heavy atom. The van der Waals surface area contributed by atoms with E-state index in [1.807, 2.05) is 19.1 Å². The van der Waals surface area contributed by atoms with Crippen molar-refractivity contribution in [3.63, 3.8) is 0 Å². The Kier molecular flexibility index (Phi) is 4.33. The molecule has 0 bridgehead atoms. The molecule has 0 saturated carbocycles. The van der Waals surface area contributed by atoms with E-state index in [1.165, 1.54) is 13.0 Å². The van der Waals surface area contributed by atoms with Crippen molar-refractivity contribution in [3.8, 4) is 5.75 Å². The molecule has 5 heteroatoms. The molecule has 2 aromatic carbocycles. The highest BCUT2D eigenvalue weighted by Gasteiger charge is 2.07. The summed E-state index contributed by atoms with van der Waals surface area (Å²) in [5.41, 5.74) is 2.71. The molecule has 0 aliphatic carbocycles. The van der Waals surface area contributed by atoms with Crippen LogP contribution >= 0.6 is 0 Å². The lowest BCUT2D eigenvalue weighted by molar-refractivity contribution is -0.114. The zero-order valence-corrected chi connectivity index (χ0v) is 13.5. The monoisotopic (exact) mass is 323 g/mol. The number of aryl methyl sites for hydroxylation is 1. The molecule has 0 unspecified atom stereocenters. The minimum atomic E-state index is -0.397. The van der Waals surface area contributed by atoms with Crippen LogP contribution in [0.25, 0.3) is 11.0 Å². The summed E-state index contributed by atoms with van der Waals surface area (Å²) < 4.78 is 11.0. The second-order valence-electron chi connectivity index (χ2n) is 5.58. The predicted octanol–water partition coefficient (Wildman–Crippen LogP) is 3.64. The summed E-state index contributed by atoms with van der Waals surface area (Å²) in [7, 11) is 0. The third kappa shape index (κ3) is 3.63. The smallest absolute Gasteiger partial charge is 0.336 e. The fraction of sp³-hybridized carbons (Fsp3) is 0.158. The Hall–Kier alpha value is -3.08. The Bertz CT molecular complexity index is 942. The van der Waals surface area contributed by atoms with Crippen LogP contribution < -0.4 is 15.7 Å². The maximum absolute atomic E-state index is 11.7. The lowest BCUT2D eigenvalue weighted by Gasteiger charge is -2.09. The van der Waals surface area contributed by atoms with Gasteiger partial charge in [-0.25, -0.2) is 4.79 Å². The first-order valence-corrected chi connectivity index (χ1v) is 7.55. The van der Waals surface area contributed by atoms with Gasteiger partial charge in [0.2, 0.25) is 5.91 Å². The van der Waals surface area contributed by atoms with Crippen LogP contribution in [-0.2, 0) is 11.4 Å². The van der Waals surface area contributed by atoms with Gasteiger partial charge < -0.3 is 14.5 Å². The van der Waals surface area contributed by atoms with Crippen LogP contribution in [0.5, 0.6) is 5.75 Å². The van der Waals surface area contributed by atoms with Crippen molar-refractivity contribution in [1.29, 1.82) is 0 Å². The molecule has 3 rings (SSSR count). The quantitative estimate of drug-likeness (QED) is 0.744. The predicted molar refractivity (Wildman–Crippen MR) is 92.3 cm³/mol. The van der Waals surface area contributed by atoms with Crippen LogP contribution in [0.3, 0.4) is 0 Å². The molecule has 0 fully saturated rings. The zero-order valence-electron chi connectivity index (χ0n) is 13.5. The Morgan fingerprint density at radius 2 is 1.88 bits per heavy atom. The third-order valence-corrected chi connectivity index (χ3v) is 3.55. The summed E-state index contributed by atoms with van der Waals surface area (Å²) in [5.74, 6) is 0.527. The molecule has 122 valence electrons. The molecule has 0 spiro atoms. The average Bonchev–Trinajstić information content (AvgIpc) is 2.54. The largest absolute Gasteiger partial charge is 0.489 e. The van der Waals surface area contributed by atoms with Crippen molar-refractivity contribution in [1.82, 2.24) is 0 Å². The highest BCUT2D eigenvalue weighted by molar-refractivity contribution is 5.88. The maximum atomic E-state index is 11.7. The summed E-state index contributed by atoms with van der Waals surface area (Å²) in [6.45, 7) is 3.69. The zero-order chi connectivity index (χ0) is 17.1. The molecule has 24 heavy (non-hydrogen) atoms. The van der Waals surface area contributed by atoms with E-state index in [2.05, 4.69) is 5.32 Å². The van der Waals surface area contributed by atoms with Crippen molar-refractivity contribution in [3.05, 3.63) is 70.1 Å². The van der Waals surface area contributed by atoms with E-state index in [9.17, 15) is 9.59 Å². The Morgan fingerprint density at radius 3 is 2.58 bits per heavy atom. The summed E-state index contributed by atoms with van der Waals surface area (Å²) in [5, 5.41) is 3.56. The lowest BCUT2D eigenvalue weighted by Crippen LogP contribution is -2.06. The van der Waals surface area contributed by atoms with Crippen LogP contribution in [0.4, 0.5) is 5.69 Å². The summed E-state index contributed by atoms with van der Waals surface area (Å²) >= 11 is 0. The third-order valence-electron chi connectivity index (χ3n) is 3.55. The molecule has 0 saturated heterocycles. The van der Waals surface area contributed by atoms with Crippen LogP contribution in [-0.4, -0.2) is 5.91 Å². The number of amides is 1. The van der Waals surface area contributed by atoms with Gasteiger partial charge in [-0.3, -0.25) is 4.79 Å². The topological polar surface area (TPSA) is 68.5 Å². The minimum absolute atomic E-state index is 0.124. The van der Waals surface area contributed by atoms with E-state index < -0.39 is 5.63 Å². The highest BCUT2D eigenvalue weighted by atomic mass is 16.5. The first kappa shape index (κ1) is 15.8. The van der Waals surface area contributed by atoms with Gasteiger partial charge in [-0.05, 0) is 43.3 Å². The van der Waals surface area contributed by atoms with Gasteiger partial charge in [0.05, 0.1) is 0 Å². The van der Waals surface area contributed by atoms with Crippen molar-refractivity contribution in [2.24, 2.45) is 0 Å². The molecule has 1 N–H and O–H groups in total. The van der Waals surface area contributed by atoms with Crippen molar-refractivity contribution in [2.75, 3.05) is 5.32 Å². The molecule has 0 aliphatic rings. The molecular formula is C19H17NO4. The van der Waals surface area contributed by atoms with Crippen LogP contribution in [0.2, 0.25) is 0 Å². The summed E-state index contributed by atoms with van der Waals surface area (Å²) in [4.78, 5) is 22.7. The number of carbonyl (C=O) groups is 1. The number of nitrogens with one attached hydrogen (secondary N) is 1. The standard InChI is InChI=1S/C19H17NO4/c1-12-3-8-18-17(9-12)14(10-19(22)24-18)11-23-16-6-4-15(5-7-16)20-13(2)21/h3-10H,11H2,1-2H3,(H,20,21). The van der Waals surface area contributed by atoms with E-state index in [0.717, 1.165) is 16.5 Å². The average molecular weight is 323 g/mol. The van der Waals surface area contributed by atoms with Crippen LogP contribution in [0.15, 0.2) is 57.7 Å². The summed E-state index contributed by atoms with van der Waals surface area (Å²) in [6, 6.07) is 14.2. The second kappa shape index (κ2) is 6.58. The van der Waals surface area contributed by atoms with Gasteiger partial charge in [-0.2, -0.15) is 0 Å². The SMILES string of the molecule is CC(=O)Nc1ccc(OCc2cc(=O)oc3ccc(C)cc23)cc1.